The molecule has 5 aromatic rings. The van der Waals surface area contributed by atoms with E-state index in [1.54, 1.807) is 12.1 Å². The van der Waals surface area contributed by atoms with Crippen molar-refractivity contribution in [1.29, 1.82) is 0 Å². The number of nitrogens with one attached hydrogen (secondary N) is 2. The van der Waals surface area contributed by atoms with Crippen molar-refractivity contribution in [3.8, 4) is 17.0 Å². The topological polar surface area (TPSA) is 80.3 Å². The van der Waals surface area contributed by atoms with E-state index in [-0.39, 0.29) is 18.2 Å². The van der Waals surface area contributed by atoms with Crippen LogP contribution in [0.25, 0.3) is 11.3 Å². The van der Waals surface area contributed by atoms with Gasteiger partial charge >= 0.3 is 0 Å². The molecule has 1 atom stereocenters. The monoisotopic (exact) mass is 613 g/mol. The third kappa shape index (κ3) is 8.00. The van der Waals surface area contributed by atoms with Gasteiger partial charge < -0.3 is 15.4 Å². The molecule has 0 fully saturated rings. The molecule has 0 bridgehead atoms. The molecule has 9 heteroatoms. The lowest BCUT2D eigenvalue weighted by atomic mass is 10.1. The molecule has 0 radical (unpaired) electrons. The third-order valence-corrected chi connectivity index (χ3v) is 8.48. The number of amides is 2. The van der Waals surface area contributed by atoms with Gasteiger partial charge in [-0.25, -0.2) is 4.98 Å². The van der Waals surface area contributed by atoms with Crippen LogP contribution >= 0.6 is 34.7 Å². The summed E-state index contributed by atoms with van der Waals surface area (Å²) >= 11 is 8.75. The Kier molecular flexibility index (Phi) is 9.92. The standard InChI is InChI=1S/C33H28ClN3O3S2/c1-2-40-27-16-10-23(11-17-27)29-21-41-33(36-29)37-32(39)31(24-6-4-3-5-7-24)42-28-18-14-26(15-19-28)35-30(38)20-22-8-12-25(34)13-9-22/h3-19,21,31H,2,20H2,1H3,(H,35,38)(H,36,37,39). The van der Waals surface area contributed by atoms with E-state index in [1.165, 1.54) is 23.1 Å². The SMILES string of the molecule is CCOc1ccc(-c2csc(NC(=O)C(Sc3ccc(NC(=O)Cc4ccc(Cl)cc4)cc3)c3ccccc3)n2)cc1. The summed E-state index contributed by atoms with van der Waals surface area (Å²) in [5.41, 5.74) is 4.18. The third-order valence-electron chi connectivity index (χ3n) is 6.21. The fourth-order valence-corrected chi connectivity index (χ4v) is 6.04. The van der Waals surface area contributed by atoms with Crippen LogP contribution in [-0.4, -0.2) is 23.4 Å². The van der Waals surface area contributed by atoms with Gasteiger partial charge in [0.25, 0.3) is 0 Å². The first-order valence-corrected chi connectivity index (χ1v) is 15.5. The van der Waals surface area contributed by atoms with Gasteiger partial charge in [0.15, 0.2) is 5.13 Å². The van der Waals surface area contributed by atoms with Gasteiger partial charge in [-0.3, -0.25) is 9.59 Å². The Labute approximate surface area is 258 Å². The van der Waals surface area contributed by atoms with Crippen LogP contribution in [0.3, 0.4) is 0 Å². The minimum Gasteiger partial charge on any atom is -0.494 e. The number of carbonyl (C=O) groups is 2. The minimum atomic E-state index is -0.505. The van der Waals surface area contributed by atoms with Crippen molar-refractivity contribution in [2.45, 2.75) is 23.5 Å². The lowest BCUT2D eigenvalue weighted by Gasteiger charge is -2.16. The highest BCUT2D eigenvalue weighted by molar-refractivity contribution is 8.00. The number of aromatic nitrogens is 1. The molecule has 1 unspecified atom stereocenters. The molecule has 1 heterocycles. The maximum absolute atomic E-state index is 13.5. The molecule has 0 aliphatic rings. The van der Waals surface area contributed by atoms with Crippen molar-refractivity contribution in [3.05, 3.63) is 125 Å². The number of benzene rings is 4. The molecule has 6 nitrogen and oxygen atoms in total. The van der Waals surface area contributed by atoms with E-state index in [9.17, 15) is 9.59 Å². The van der Waals surface area contributed by atoms with Crippen LogP contribution in [0.15, 0.2) is 113 Å². The summed E-state index contributed by atoms with van der Waals surface area (Å²) in [5, 5.41) is 8.52. The maximum Gasteiger partial charge on any atom is 0.244 e. The Balaban J connectivity index is 1.24. The number of rotatable bonds is 11. The Morgan fingerprint density at radius 2 is 1.62 bits per heavy atom. The van der Waals surface area contributed by atoms with E-state index >= 15 is 0 Å². The second-order valence-electron chi connectivity index (χ2n) is 9.27. The summed E-state index contributed by atoms with van der Waals surface area (Å²) in [7, 11) is 0. The molecule has 212 valence electrons. The Bertz CT molecular complexity index is 1620. The summed E-state index contributed by atoms with van der Waals surface area (Å²) < 4.78 is 5.52. The normalized spacial score (nSPS) is 11.5. The van der Waals surface area contributed by atoms with E-state index in [0.29, 0.717) is 22.4 Å². The zero-order valence-electron chi connectivity index (χ0n) is 22.8. The molecule has 42 heavy (non-hydrogen) atoms. The number of ether oxygens (including phenoxy) is 1. The molecule has 1 aromatic heterocycles. The summed E-state index contributed by atoms with van der Waals surface area (Å²) in [6.45, 7) is 2.56. The second-order valence-corrected chi connectivity index (χ2v) is 11.7. The first-order chi connectivity index (χ1) is 20.5. The zero-order valence-corrected chi connectivity index (χ0v) is 25.1. The number of thiazole rings is 1. The van der Waals surface area contributed by atoms with Gasteiger partial charge in [-0.1, -0.05) is 54.1 Å². The van der Waals surface area contributed by atoms with Gasteiger partial charge in [0.2, 0.25) is 11.8 Å². The van der Waals surface area contributed by atoms with Crippen LogP contribution in [0, 0.1) is 0 Å². The number of thioether (sulfide) groups is 1. The maximum atomic E-state index is 13.5. The van der Waals surface area contributed by atoms with Crippen LogP contribution in [0.4, 0.5) is 10.8 Å². The van der Waals surface area contributed by atoms with Crippen LogP contribution in [0.2, 0.25) is 5.02 Å². The zero-order chi connectivity index (χ0) is 29.3. The average molecular weight is 614 g/mol. The lowest BCUT2D eigenvalue weighted by molar-refractivity contribution is -0.116. The van der Waals surface area contributed by atoms with Gasteiger partial charge in [-0.2, -0.15) is 0 Å². The van der Waals surface area contributed by atoms with E-state index < -0.39 is 5.25 Å². The predicted octanol–water partition coefficient (Wildman–Crippen LogP) is 8.52. The number of halogens is 1. The first kappa shape index (κ1) is 29.4. The molecule has 0 saturated heterocycles. The van der Waals surface area contributed by atoms with Crippen LogP contribution in [0.1, 0.15) is 23.3 Å². The Morgan fingerprint density at radius 1 is 0.905 bits per heavy atom. The first-order valence-electron chi connectivity index (χ1n) is 13.3. The molecular weight excluding hydrogens is 586 g/mol. The summed E-state index contributed by atoms with van der Waals surface area (Å²) in [6.07, 6.45) is 0.251. The highest BCUT2D eigenvalue weighted by atomic mass is 35.5. The van der Waals surface area contributed by atoms with Gasteiger partial charge in [0, 0.05) is 26.5 Å². The molecule has 5 rings (SSSR count). The number of anilines is 2. The second kappa shape index (κ2) is 14.2. The molecule has 4 aromatic carbocycles. The Morgan fingerprint density at radius 3 is 2.31 bits per heavy atom. The molecule has 0 spiro atoms. The number of hydrogen-bond acceptors (Lipinski definition) is 6. The fourth-order valence-electron chi connectivity index (χ4n) is 4.17. The number of hydrogen-bond donors (Lipinski definition) is 2. The van der Waals surface area contributed by atoms with Gasteiger partial charge in [-0.15, -0.1) is 23.1 Å². The number of carbonyl (C=O) groups excluding carboxylic acids is 2. The van der Waals surface area contributed by atoms with Crippen molar-refractivity contribution < 1.29 is 14.3 Å². The van der Waals surface area contributed by atoms with Gasteiger partial charge in [0.05, 0.1) is 18.7 Å². The van der Waals surface area contributed by atoms with Crippen LogP contribution in [-0.2, 0) is 16.0 Å². The van der Waals surface area contributed by atoms with Crippen molar-refractivity contribution in [3.63, 3.8) is 0 Å². The largest absolute Gasteiger partial charge is 0.494 e. The van der Waals surface area contributed by atoms with E-state index in [4.69, 9.17) is 16.3 Å². The highest BCUT2D eigenvalue weighted by Gasteiger charge is 2.23. The molecule has 2 N–H and O–H groups in total. The molecule has 0 saturated carbocycles. The van der Waals surface area contributed by atoms with E-state index in [1.807, 2.05) is 103 Å². The van der Waals surface area contributed by atoms with Crippen molar-refractivity contribution in [2.24, 2.45) is 0 Å². The highest BCUT2D eigenvalue weighted by Crippen LogP contribution is 2.37. The predicted molar refractivity (Wildman–Crippen MR) is 173 cm³/mol. The van der Waals surface area contributed by atoms with Crippen molar-refractivity contribution in [2.75, 3.05) is 17.2 Å². The quantitative estimate of drug-likeness (QED) is 0.146. The lowest BCUT2D eigenvalue weighted by Crippen LogP contribution is -2.19. The summed E-state index contributed by atoms with van der Waals surface area (Å²) in [5.74, 6) is 0.521. The summed E-state index contributed by atoms with van der Waals surface area (Å²) in [4.78, 5) is 31.6. The average Bonchev–Trinajstić information content (AvgIpc) is 3.47. The molecule has 2 amide bonds. The number of nitrogens with zero attached hydrogens (tertiary/aromatic N) is 1. The summed E-state index contributed by atoms with van der Waals surface area (Å²) in [6, 6.07) is 32.1. The van der Waals surface area contributed by atoms with Crippen LogP contribution in [0.5, 0.6) is 5.75 Å². The minimum absolute atomic E-state index is 0.118. The van der Waals surface area contributed by atoms with Crippen LogP contribution < -0.4 is 15.4 Å². The van der Waals surface area contributed by atoms with E-state index in [2.05, 4.69) is 15.6 Å². The van der Waals surface area contributed by atoms with Gasteiger partial charge in [0.1, 0.15) is 11.0 Å². The smallest absolute Gasteiger partial charge is 0.244 e. The fraction of sp³-hybridized carbons (Fsp3) is 0.121. The van der Waals surface area contributed by atoms with Crippen molar-refractivity contribution in [1.82, 2.24) is 4.98 Å². The van der Waals surface area contributed by atoms with Crippen molar-refractivity contribution >= 4 is 57.3 Å². The van der Waals surface area contributed by atoms with Gasteiger partial charge in [-0.05, 0) is 78.7 Å². The molecular formula is C33H28ClN3O3S2. The Hall–Kier alpha value is -4.11. The molecule has 0 aliphatic heterocycles. The molecule has 0 aliphatic carbocycles. The van der Waals surface area contributed by atoms with E-state index in [0.717, 1.165) is 33.0 Å².